The van der Waals surface area contributed by atoms with Gasteiger partial charge in [0.2, 0.25) is 5.91 Å². The minimum atomic E-state index is -0.640. The van der Waals surface area contributed by atoms with Gasteiger partial charge in [0, 0.05) is 43.3 Å². The Morgan fingerprint density at radius 3 is 2.47 bits per heavy atom. The third-order valence-electron chi connectivity index (χ3n) is 5.45. The van der Waals surface area contributed by atoms with Gasteiger partial charge in [-0.25, -0.2) is 0 Å². The summed E-state index contributed by atoms with van der Waals surface area (Å²) in [6.07, 6.45) is 1.61. The molecular formula is C23H24ClN3O3. The van der Waals surface area contributed by atoms with E-state index >= 15 is 0 Å². The highest BCUT2D eigenvalue weighted by Crippen LogP contribution is 2.25. The molecule has 0 aliphatic carbocycles. The van der Waals surface area contributed by atoms with Gasteiger partial charge in [-0.1, -0.05) is 41.9 Å². The van der Waals surface area contributed by atoms with Gasteiger partial charge >= 0.3 is 0 Å². The molecule has 30 heavy (non-hydrogen) atoms. The molecule has 0 saturated carbocycles. The van der Waals surface area contributed by atoms with Crippen LogP contribution in [-0.2, 0) is 16.0 Å². The number of piperazine rings is 1. The Labute approximate surface area is 180 Å². The second kappa shape index (κ2) is 8.79. The van der Waals surface area contributed by atoms with Gasteiger partial charge in [0.1, 0.15) is 5.75 Å². The molecule has 2 aromatic carbocycles. The summed E-state index contributed by atoms with van der Waals surface area (Å²) in [7, 11) is 0. The molecule has 1 N–H and O–H groups in total. The van der Waals surface area contributed by atoms with E-state index in [0.29, 0.717) is 43.4 Å². The number of benzene rings is 2. The van der Waals surface area contributed by atoms with Crippen LogP contribution in [0.3, 0.4) is 0 Å². The number of hydrogen-bond acceptors (Lipinski definition) is 3. The van der Waals surface area contributed by atoms with Crippen molar-refractivity contribution in [3.8, 4) is 5.75 Å². The van der Waals surface area contributed by atoms with E-state index in [2.05, 4.69) is 4.98 Å². The average molecular weight is 426 g/mol. The molecule has 2 heterocycles. The topological polar surface area (TPSA) is 65.6 Å². The lowest BCUT2D eigenvalue weighted by Gasteiger charge is -2.36. The number of halogens is 1. The molecule has 1 aromatic heterocycles. The number of carbonyl (C=O) groups is 2. The predicted molar refractivity (Wildman–Crippen MR) is 117 cm³/mol. The number of hydrogen-bond donors (Lipinski definition) is 1. The normalized spacial score (nSPS) is 15.3. The van der Waals surface area contributed by atoms with Crippen LogP contribution >= 0.6 is 11.6 Å². The third-order valence-corrected chi connectivity index (χ3v) is 5.76. The molecule has 4 rings (SSSR count). The smallest absolute Gasteiger partial charge is 0.263 e. The molecule has 1 atom stereocenters. The van der Waals surface area contributed by atoms with E-state index < -0.39 is 6.10 Å². The van der Waals surface area contributed by atoms with Crippen molar-refractivity contribution < 1.29 is 14.3 Å². The van der Waals surface area contributed by atoms with Crippen LogP contribution < -0.4 is 4.74 Å². The first kappa shape index (κ1) is 20.3. The number of nitrogens with one attached hydrogen (secondary N) is 1. The number of H-pyrrole nitrogens is 1. The lowest BCUT2D eigenvalue weighted by atomic mass is 10.1. The summed E-state index contributed by atoms with van der Waals surface area (Å²) in [6, 6.07) is 15.1. The molecule has 3 aromatic rings. The molecule has 1 saturated heterocycles. The molecule has 0 radical (unpaired) electrons. The lowest BCUT2D eigenvalue weighted by Crippen LogP contribution is -2.53. The fourth-order valence-electron chi connectivity index (χ4n) is 3.77. The second-order valence-corrected chi connectivity index (χ2v) is 7.84. The fourth-order valence-corrected chi connectivity index (χ4v) is 3.95. The maximum Gasteiger partial charge on any atom is 0.263 e. The van der Waals surface area contributed by atoms with Crippen LogP contribution in [0.5, 0.6) is 5.75 Å². The Hall–Kier alpha value is -2.99. The summed E-state index contributed by atoms with van der Waals surface area (Å²) >= 11 is 6.11. The quantitative estimate of drug-likeness (QED) is 0.680. The highest BCUT2D eigenvalue weighted by molar-refractivity contribution is 6.32. The molecule has 1 unspecified atom stereocenters. The first-order chi connectivity index (χ1) is 14.5. The van der Waals surface area contributed by atoms with E-state index in [1.807, 2.05) is 47.5 Å². The van der Waals surface area contributed by atoms with E-state index in [4.69, 9.17) is 16.3 Å². The summed E-state index contributed by atoms with van der Waals surface area (Å²) in [6.45, 7) is 3.75. The highest BCUT2D eigenvalue weighted by Gasteiger charge is 2.28. The standard InChI is InChI=1S/C23H24ClN3O3/c1-16(30-21-9-5-3-7-19(21)24)23(29)27-12-10-26(11-13-27)22(28)14-17-15-25-20-8-4-2-6-18(17)20/h2-9,15-16,25H,10-14H2,1H3. The summed E-state index contributed by atoms with van der Waals surface area (Å²) in [5, 5.41) is 1.55. The number of para-hydroxylation sites is 2. The highest BCUT2D eigenvalue weighted by atomic mass is 35.5. The zero-order chi connectivity index (χ0) is 21.1. The van der Waals surface area contributed by atoms with Crippen molar-refractivity contribution in [1.29, 1.82) is 0 Å². The van der Waals surface area contributed by atoms with Gasteiger partial charge in [0.25, 0.3) is 5.91 Å². The number of carbonyl (C=O) groups excluding carboxylic acids is 2. The lowest BCUT2D eigenvalue weighted by molar-refractivity contribution is -0.143. The maximum absolute atomic E-state index is 12.8. The monoisotopic (exact) mass is 425 g/mol. The van der Waals surface area contributed by atoms with Crippen LogP contribution in [-0.4, -0.2) is 58.9 Å². The Morgan fingerprint density at radius 2 is 1.70 bits per heavy atom. The summed E-state index contributed by atoms with van der Waals surface area (Å²) in [5.74, 6) is 0.471. The summed E-state index contributed by atoms with van der Waals surface area (Å²) in [4.78, 5) is 32.3. The molecular weight excluding hydrogens is 402 g/mol. The Kier molecular flexibility index (Phi) is 5.95. The SMILES string of the molecule is CC(Oc1ccccc1Cl)C(=O)N1CCN(C(=O)Cc2c[nH]c3ccccc23)CC1. The molecule has 1 aliphatic heterocycles. The predicted octanol–water partition coefficient (Wildman–Crippen LogP) is 3.50. The second-order valence-electron chi connectivity index (χ2n) is 7.43. The van der Waals surface area contributed by atoms with Crippen LogP contribution in [0.4, 0.5) is 0 Å². The van der Waals surface area contributed by atoms with Crippen LogP contribution in [0.2, 0.25) is 5.02 Å². The van der Waals surface area contributed by atoms with Gasteiger partial charge in [-0.3, -0.25) is 9.59 Å². The molecule has 1 fully saturated rings. The number of rotatable bonds is 5. The number of aromatic nitrogens is 1. The number of fused-ring (bicyclic) bond motifs is 1. The zero-order valence-electron chi connectivity index (χ0n) is 16.8. The van der Waals surface area contributed by atoms with E-state index in [9.17, 15) is 9.59 Å². The minimum Gasteiger partial charge on any atom is -0.479 e. The Bertz CT molecular complexity index is 1060. The van der Waals surface area contributed by atoms with Gasteiger partial charge < -0.3 is 19.5 Å². The van der Waals surface area contributed by atoms with Crippen molar-refractivity contribution in [3.63, 3.8) is 0 Å². The van der Waals surface area contributed by atoms with E-state index in [0.717, 1.165) is 16.5 Å². The average Bonchev–Trinajstić information content (AvgIpc) is 3.17. The van der Waals surface area contributed by atoms with Crippen molar-refractivity contribution in [1.82, 2.24) is 14.8 Å². The Balaban J connectivity index is 1.31. The van der Waals surface area contributed by atoms with Crippen LogP contribution in [0.15, 0.2) is 54.7 Å². The van der Waals surface area contributed by atoms with Crippen molar-refractivity contribution in [2.75, 3.05) is 26.2 Å². The van der Waals surface area contributed by atoms with Crippen molar-refractivity contribution in [2.45, 2.75) is 19.4 Å². The van der Waals surface area contributed by atoms with E-state index in [1.165, 1.54) is 0 Å². The number of aromatic amines is 1. The molecule has 7 heteroatoms. The minimum absolute atomic E-state index is 0.0761. The van der Waals surface area contributed by atoms with E-state index in [1.54, 1.807) is 24.0 Å². The Morgan fingerprint density at radius 1 is 1.03 bits per heavy atom. The van der Waals surface area contributed by atoms with Crippen molar-refractivity contribution in [2.24, 2.45) is 0 Å². The molecule has 0 bridgehead atoms. The number of ether oxygens (including phenoxy) is 1. The van der Waals surface area contributed by atoms with Gasteiger partial charge in [-0.15, -0.1) is 0 Å². The van der Waals surface area contributed by atoms with Crippen molar-refractivity contribution >= 4 is 34.3 Å². The van der Waals surface area contributed by atoms with Crippen LogP contribution in [0, 0.1) is 0 Å². The molecule has 0 spiro atoms. The zero-order valence-corrected chi connectivity index (χ0v) is 17.6. The fraction of sp³-hybridized carbons (Fsp3) is 0.304. The molecule has 2 amide bonds. The van der Waals surface area contributed by atoms with E-state index in [-0.39, 0.29) is 11.8 Å². The molecule has 1 aliphatic rings. The van der Waals surface area contributed by atoms with Crippen LogP contribution in [0.1, 0.15) is 12.5 Å². The number of nitrogens with zero attached hydrogens (tertiary/aromatic N) is 2. The van der Waals surface area contributed by atoms with Crippen LogP contribution in [0.25, 0.3) is 10.9 Å². The largest absolute Gasteiger partial charge is 0.479 e. The van der Waals surface area contributed by atoms with Crippen molar-refractivity contribution in [3.05, 3.63) is 65.3 Å². The molecule has 6 nitrogen and oxygen atoms in total. The summed E-state index contributed by atoms with van der Waals surface area (Å²) in [5.41, 5.74) is 2.03. The third kappa shape index (κ3) is 4.28. The van der Waals surface area contributed by atoms with Gasteiger partial charge in [-0.2, -0.15) is 0 Å². The first-order valence-electron chi connectivity index (χ1n) is 10.1. The first-order valence-corrected chi connectivity index (χ1v) is 10.4. The molecule has 156 valence electrons. The maximum atomic E-state index is 12.8. The van der Waals surface area contributed by atoms with Gasteiger partial charge in [0.05, 0.1) is 11.4 Å². The number of amides is 2. The van der Waals surface area contributed by atoms with Gasteiger partial charge in [-0.05, 0) is 30.7 Å². The van der Waals surface area contributed by atoms with Gasteiger partial charge in [0.15, 0.2) is 6.10 Å². The summed E-state index contributed by atoms with van der Waals surface area (Å²) < 4.78 is 5.74.